The van der Waals surface area contributed by atoms with Gasteiger partial charge in [-0.25, -0.2) is 4.31 Å². The largest absolute Gasteiger partial charge is 0.760 e. The van der Waals surface area contributed by atoms with Crippen molar-refractivity contribution in [2.24, 2.45) is 5.92 Å². The highest BCUT2D eigenvalue weighted by atomic mass is 32.2. The summed E-state index contributed by atoms with van der Waals surface area (Å²) in [6.07, 6.45) is 1.01. The maximum Gasteiger partial charge on any atom is 0.0212 e. The molecule has 3 unspecified atom stereocenters. The summed E-state index contributed by atoms with van der Waals surface area (Å²) in [5, 5.41) is 0. The lowest BCUT2D eigenvalue weighted by Gasteiger charge is -2.32. The van der Waals surface area contributed by atoms with Crippen molar-refractivity contribution in [3.63, 3.8) is 0 Å². The van der Waals surface area contributed by atoms with E-state index in [1.165, 1.54) is 4.31 Å². The van der Waals surface area contributed by atoms with Crippen molar-refractivity contribution in [3.8, 4) is 0 Å². The Hall–Kier alpha value is 0.0700. The Morgan fingerprint density at radius 2 is 1.92 bits per heavy atom. The second-order valence-corrected chi connectivity index (χ2v) is 3.98. The van der Waals surface area contributed by atoms with Crippen molar-refractivity contribution in [3.05, 3.63) is 0 Å². The van der Waals surface area contributed by atoms with Gasteiger partial charge in [-0.05, 0) is 12.8 Å². The molecule has 0 aromatic heterocycles. The average Bonchev–Trinajstić information content (AvgIpc) is 2.03. The molecule has 0 aliphatic carbocycles. The lowest BCUT2D eigenvalue weighted by Crippen LogP contribution is -2.38. The van der Waals surface area contributed by atoms with E-state index in [0.717, 1.165) is 6.42 Å². The van der Waals surface area contributed by atoms with E-state index in [1.807, 2.05) is 13.8 Å². The van der Waals surface area contributed by atoms with Crippen molar-refractivity contribution in [2.75, 3.05) is 6.54 Å². The molecule has 4 heteroatoms. The molecule has 0 aromatic rings. The molecule has 0 amide bonds. The summed E-state index contributed by atoms with van der Waals surface area (Å²) in [6.45, 7) is 8.51. The molecule has 12 heavy (non-hydrogen) atoms. The van der Waals surface area contributed by atoms with Gasteiger partial charge < -0.3 is 4.55 Å². The standard InChI is InChI=1S/C8H19NO2S/c1-5-7(3)8(4)9(6-2)12(10)11/h7-8H,5-6H2,1-4H3,(H,10,11)/p-1. The molecular weight excluding hydrogens is 174 g/mol. The van der Waals surface area contributed by atoms with Crippen LogP contribution in [0, 0.1) is 5.92 Å². The summed E-state index contributed by atoms with van der Waals surface area (Å²) in [6, 6.07) is 0.110. The van der Waals surface area contributed by atoms with E-state index in [1.54, 1.807) is 0 Å². The monoisotopic (exact) mass is 192 g/mol. The van der Waals surface area contributed by atoms with E-state index in [4.69, 9.17) is 0 Å². The zero-order chi connectivity index (χ0) is 9.72. The Kier molecular flexibility index (Phi) is 5.70. The molecule has 0 aliphatic heterocycles. The highest BCUT2D eigenvalue weighted by Crippen LogP contribution is 2.14. The molecule has 0 aliphatic rings. The highest BCUT2D eigenvalue weighted by Gasteiger charge is 2.17. The van der Waals surface area contributed by atoms with Gasteiger partial charge in [0.2, 0.25) is 0 Å². The zero-order valence-electron chi connectivity index (χ0n) is 8.24. The molecule has 0 saturated carbocycles. The number of hydrogen-bond acceptors (Lipinski definition) is 2. The van der Waals surface area contributed by atoms with E-state index in [-0.39, 0.29) is 6.04 Å². The Morgan fingerprint density at radius 1 is 1.42 bits per heavy atom. The minimum atomic E-state index is -2.07. The Balaban J connectivity index is 4.20. The fourth-order valence-corrected chi connectivity index (χ4v) is 1.84. The van der Waals surface area contributed by atoms with Crippen LogP contribution in [0.4, 0.5) is 0 Å². The van der Waals surface area contributed by atoms with Gasteiger partial charge in [0.25, 0.3) is 0 Å². The first-order chi connectivity index (χ1) is 5.54. The van der Waals surface area contributed by atoms with Gasteiger partial charge in [-0.15, -0.1) is 0 Å². The minimum Gasteiger partial charge on any atom is -0.760 e. The molecule has 0 aromatic carbocycles. The van der Waals surface area contributed by atoms with Crippen LogP contribution in [0.3, 0.4) is 0 Å². The molecule has 0 spiro atoms. The summed E-state index contributed by atoms with van der Waals surface area (Å²) in [5.74, 6) is 0.419. The van der Waals surface area contributed by atoms with Gasteiger partial charge in [0.05, 0.1) is 0 Å². The Bertz CT molecular complexity index is 152. The van der Waals surface area contributed by atoms with Gasteiger partial charge in [0, 0.05) is 23.9 Å². The highest BCUT2D eigenvalue weighted by molar-refractivity contribution is 7.76. The summed E-state index contributed by atoms with van der Waals surface area (Å²) in [7, 11) is 0. The molecule has 0 heterocycles. The first-order valence-electron chi connectivity index (χ1n) is 4.40. The zero-order valence-corrected chi connectivity index (χ0v) is 9.06. The van der Waals surface area contributed by atoms with Crippen LogP contribution >= 0.6 is 0 Å². The summed E-state index contributed by atoms with van der Waals surface area (Å²) >= 11 is -2.07. The number of rotatable bonds is 5. The predicted molar refractivity (Wildman–Crippen MR) is 50.2 cm³/mol. The first kappa shape index (κ1) is 12.1. The van der Waals surface area contributed by atoms with Crippen LogP contribution in [0.5, 0.6) is 0 Å². The van der Waals surface area contributed by atoms with Crippen molar-refractivity contribution < 1.29 is 8.76 Å². The molecule has 3 atom stereocenters. The third-order valence-corrected chi connectivity index (χ3v) is 3.40. The number of nitrogens with zero attached hydrogens (tertiary/aromatic N) is 1. The maximum absolute atomic E-state index is 10.7. The van der Waals surface area contributed by atoms with Crippen molar-refractivity contribution >= 4 is 11.3 Å². The van der Waals surface area contributed by atoms with E-state index in [0.29, 0.717) is 12.5 Å². The normalized spacial score (nSPS) is 19.2. The molecule has 0 fully saturated rings. The predicted octanol–water partition coefficient (Wildman–Crippen LogP) is 1.54. The molecule has 3 nitrogen and oxygen atoms in total. The van der Waals surface area contributed by atoms with Crippen LogP contribution in [0.15, 0.2) is 0 Å². The van der Waals surface area contributed by atoms with E-state index >= 15 is 0 Å². The quantitative estimate of drug-likeness (QED) is 0.620. The van der Waals surface area contributed by atoms with E-state index in [9.17, 15) is 8.76 Å². The molecular formula is C8H18NO2S-. The summed E-state index contributed by atoms with van der Waals surface area (Å²) in [4.78, 5) is 0. The van der Waals surface area contributed by atoms with Crippen molar-refractivity contribution in [1.29, 1.82) is 0 Å². The second kappa shape index (κ2) is 5.67. The third kappa shape index (κ3) is 3.21. The van der Waals surface area contributed by atoms with Crippen LogP contribution in [-0.4, -0.2) is 25.7 Å². The van der Waals surface area contributed by atoms with Crippen LogP contribution < -0.4 is 0 Å². The van der Waals surface area contributed by atoms with Gasteiger partial charge in [-0.1, -0.05) is 27.2 Å². The van der Waals surface area contributed by atoms with Crippen LogP contribution in [0.2, 0.25) is 0 Å². The molecule has 74 valence electrons. The second-order valence-electron chi connectivity index (χ2n) is 3.08. The van der Waals surface area contributed by atoms with Gasteiger partial charge in [0.1, 0.15) is 0 Å². The first-order valence-corrected chi connectivity index (χ1v) is 5.43. The lowest BCUT2D eigenvalue weighted by atomic mass is 10.0. The average molecular weight is 192 g/mol. The van der Waals surface area contributed by atoms with Gasteiger partial charge in [0.15, 0.2) is 0 Å². The molecule has 0 saturated heterocycles. The summed E-state index contributed by atoms with van der Waals surface area (Å²) in [5.41, 5.74) is 0. The SMILES string of the molecule is CCC(C)C(C)N(CC)S(=O)[O-]. The van der Waals surface area contributed by atoms with Gasteiger partial charge >= 0.3 is 0 Å². The lowest BCUT2D eigenvalue weighted by molar-refractivity contribution is 0.261. The molecule has 0 radical (unpaired) electrons. The van der Waals surface area contributed by atoms with Crippen LogP contribution in [0.25, 0.3) is 0 Å². The summed E-state index contributed by atoms with van der Waals surface area (Å²) < 4.78 is 22.9. The van der Waals surface area contributed by atoms with Gasteiger partial charge in [-0.3, -0.25) is 4.21 Å². The molecule has 0 N–H and O–H groups in total. The fourth-order valence-electron chi connectivity index (χ4n) is 1.15. The molecule has 0 rings (SSSR count). The van der Waals surface area contributed by atoms with Gasteiger partial charge in [-0.2, -0.15) is 0 Å². The third-order valence-electron chi connectivity index (χ3n) is 2.42. The Labute approximate surface area is 77.6 Å². The van der Waals surface area contributed by atoms with E-state index < -0.39 is 11.3 Å². The van der Waals surface area contributed by atoms with Crippen molar-refractivity contribution in [2.45, 2.75) is 40.2 Å². The van der Waals surface area contributed by atoms with E-state index in [2.05, 4.69) is 13.8 Å². The maximum atomic E-state index is 10.7. The topological polar surface area (TPSA) is 43.4 Å². The van der Waals surface area contributed by atoms with Crippen LogP contribution in [0.1, 0.15) is 34.1 Å². The smallest absolute Gasteiger partial charge is 0.0212 e. The van der Waals surface area contributed by atoms with Crippen LogP contribution in [-0.2, 0) is 11.3 Å². The minimum absolute atomic E-state index is 0.110. The molecule has 0 bridgehead atoms. The Morgan fingerprint density at radius 3 is 2.17 bits per heavy atom. The fraction of sp³-hybridized carbons (Fsp3) is 1.00. The van der Waals surface area contributed by atoms with Crippen molar-refractivity contribution in [1.82, 2.24) is 4.31 Å². The number of hydrogen-bond donors (Lipinski definition) is 0.